The number of hydrogen-bond donors (Lipinski definition) is 0. The minimum Gasteiger partial charge on any atom is -0.236 e. The van der Waals surface area contributed by atoms with E-state index in [2.05, 4.69) is 20.8 Å². The molecular weight excluding hydrogens is 268 g/mol. The van der Waals surface area contributed by atoms with Crippen LogP contribution in [0.3, 0.4) is 0 Å². The predicted molar refractivity (Wildman–Crippen MR) is 85.8 cm³/mol. The topological polar surface area (TPSA) is 36.9 Å². The number of hydrogen-bond acceptors (Lipinski definition) is 4. The second-order valence-electron chi connectivity index (χ2n) is 8.72. The van der Waals surface area contributed by atoms with Gasteiger partial charge in [-0.2, -0.15) is 0 Å². The predicted octanol–water partition coefficient (Wildman–Crippen LogP) is 4.92. The van der Waals surface area contributed by atoms with Crippen LogP contribution in [0.15, 0.2) is 0 Å². The zero-order chi connectivity index (χ0) is 16.7. The Kier molecular flexibility index (Phi) is 8.40. The van der Waals surface area contributed by atoms with E-state index < -0.39 is 0 Å². The fourth-order valence-electron chi connectivity index (χ4n) is 1.97. The molecule has 128 valence electrons. The first-order chi connectivity index (χ1) is 9.31. The normalized spacial score (nSPS) is 15.3. The lowest BCUT2D eigenvalue weighted by Crippen LogP contribution is -2.25. The molecule has 0 N–H and O–H groups in total. The minimum atomic E-state index is -0.257. The Hall–Kier alpha value is -0.160. The molecule has 0 aromatic carbocycles. The van der Waals surface area contributed by atoms with Gasteiger partial charge in [0.25, 0.3) is 0 Å². The van der Waals surface area contributed by atoms with E-state index in [1.165, 1.54) is 0 Å². The fourth-order valence-corrected chi connectivity index (χ4v) is 1.97. The molecule has 0 aliphatic carbocycles. The van der Waals surface area contributed by atoms with Gasteiger partial charge in [-0.15, -0.1) is 0 Å². The molecule has 0 spiro atoms. The summed E-state index contributed by atoms with van der Waals surface area (Å²) in [6.45, 7) is 19.8. The highest BCUT2D eigenvalue weighted by Crippen LogP contribution is 2.29. The van der Waals surface area contributed by atoms with E-state index in [9.17, 15) is 0 Å². The molecule has 0 bridgehead atoms. The summed E-state index contributed by atoms with van der Waals surface area (Å²) in [5, 5.41) is 0. The Morgan fingerprint density at radius 3 is 1.71 bits per heavy atom. The first-order valence-corrected chi connectivity index (χ1v) is 7.92. The standard InChI is InChI=1S/C17H36O4/c1-14(13-19-21-16(5,6)7)12-17(8,9)10-11-18-20-15(2,3)4/h14H,10-13H2,1-9H3. The van der Waals surface area contributed by atoms with Gasteiger partial charge in [-0.05, 0) is 65.7 Å². The largest absolute Gasteiger partial charge is 0.236 e. The lowest BCUT2D eigenvalue weighted by Gasteiger charge is -2.28. The monoisotopic (exact) mass is 304 g/mol. The van der Waals surface area contributed by atoms with Crippen molar-refractivity contribution in [1.82, 2.24) is 0 Å². The Morgan fingerprint density at radius 1 is 0.762 bits per heavy atom. The molecule has 0 aromatic rings. The summed E-state index contributed by atoms with van der Waals surface area (Å²) in [6.07, 6.45) is 2.01. The first-order valence-electron chi connectivity index (χ1n) is 7.92. The molecule has 0 aliphatic heterocycles. The molecule has 21 heavy (non-hydrogen) atoms. The van der Waals surface area contributed by atoms with Crippen molar-refractivity contribution in [3.8, 4) is 0 Å². The highest BCUT2D eigenvalue weighted by atomic mass is 17.2. The van der Waals surface area contributed by atoms with Crippen molar-refractivity contribution in [3.63, 3.8) is 0 Å². The fraction of sp³-hybridized carbons (Fsp3) is 1.00. The van der Waals surface area contributed by atoms with Crippen LogP contribution < -0.4 is 0 Å². The molecule has 1 unspecified atom stereocenters. The molecule has 0 rings (SSSR count). The van der Waals surface area contributed by atoms with Gasteiger partial charge in [0.2, 0.25) is 0 Å². The van der Waals surface area contributed by atoms with Crippen LogP contribution in [0.2, 0.25) is 0 Å². The van der Waals surface area contributed by atoms with Gasteiger partial charge in [0, 0.05) is 0 Å². The van der Waals surface area contributed by atoms with E-state index in [4.69, 9.17) is 19.6 Å². The average molecular weight is 304 g/mol. The van der Waals surface area contributed by atoms with Gasteiger partial charge in [0.15, 0.2) is 0 Å². The van der Waals surface area contributed by atoms with Crippen LogP contribution in [0.1, 0.15) is 75.2 Å². The molecule has 0 aliphatic rings. The van der Waals surface area contributed by atoms with E-state index in [1.807, 2.05) is 41.5 Å². The summed E-state index contributed by atoms with van der Waals surface area (Å²) in [7, 11) is 0. The van der Waals surface area contributed by atoms with Crippen molar-refractivity contribution in [3.05, 3.63) is 0 Å². The molecule has 1 atom stereocenters. The smallest absolute Gasteiger partial charge is 0.0952 e. The van der Waals surface area contributed by atoms with Crippen molar-refractivity contribution in [1.29, 1.82) is 0 Å². The lowest BCUT2D eigenvalue weighted by molar-refractivity contribution is -0.354. The quantitative estimate of drug-likeness (QED) is 0.344. The highest BCUT2D eigenvalue weighted by molar-refractivity contribution is 4.71. The third-order valence-electron chi connectivity index (χ3n) is 2.73. The van der Waals surface area contributed by atoms with Crippen LogP contribution in [0.4, 0.5) is 0 Å². The molecule has 0 fully saturated rings. The molecule has 0 aromatic heterocycles. The second kappa shape index (κ2) is 8.47. The summed E-state index contributed by atoms with van der Waals surface area (Å²) < 4.78 is 0. The molecule has 0 saturated heterocycles. The van der Waals surface area contributed by atoms with Crippen molar-refractivity contribution >= 4 is 0 Å². The summed E-state index contributed by atoms with van der Waals surface area (Å²) in [4.78, 5) is 21.2. The van der Waals surface area contributed by atoms with E-state index >= 15 is 0 Å². The van der Waals surface area contributed by atoms with Gasteiger partial charge in [-0.25, -0.2) is 19.6 Å². The summed E-state index contributed by atoms with van der Waals surface area (Å²) in [6, 6.07) is 0. The van der Waals surface area contributed by atoms with E-state index in [1.54, 1.807) is 0 Å². The summed E-state index contributed by atoms with van der Waals surface area (Å²) in [5.74, 6) is 0.436. The van der Waals surface area contributed by atoms with Crippen LogP contribution in [-0.4, -0.2) is 24.4 Å². The lowest BCUT2D eigenvalue weighted by atomic mass is 9.81. The molecular formula is C17H36O4. The zero-order valence-corrected chi connectivity index (χ0v) is 15.5. The van der Waals surface area contributed by atoms with Crippen LogP contribution in [0.5, 0.6) is 0 Å². The molecule has 0 saturated carbocycles. The SMILES string of the molecule is CC(COOC(C)(C)C)CC(C)(C)CCOOC(C)(C)C. The van der Waals surface area contributed by atoms with Gasteiger partial charge in [0.05, 0.1) is 24.4 Å². The van der Waals surface area contributed by atoms with Gasteiger partial charge < -0.3 is 0 Å². The Labute approximate surface area is 131 Å². The third kappa shape index (κ3) is 14.5. The zero-order valence-electron chi connectivity index (χ0n) is 15.5. The van der Waals surface area contributed by atoms with Gasteiger partial charge in [-0.3, -0.25) is 0 Å². The molecule has 4 nitrogen and oxygen atoms in total. The maximum atomic E-state index is 5.32. The van der Waals surface area contributed by atoms with Crippen LogP contribution >= 0.6 is 0 Å². The number of rotatable bonds is 9. The Bertz CT molecular complexity index is 273. The maximum Gasteiger partial charge on any atom is 0.0952 e. The molecule has 4 heteroatoms. The van der Waals surface area contributed by atoms with Crippen molar-refractivity contribution < 1.29 is 19.6 Å². The molecule has 0 heterocycles. The van der Waals surface area contributed by atoms with E-state index in [0.717, 1.165) is 12.8 Å². The Morgan fingerprint density at radius 2 is 1.24 bits per heavy atom. The maximum absolute atomic E-state index is 5.32. The average Bonchev–Trinajstić information content (AvgIpc) is 2.20. The van der Waals surface area contributed by atoms with Crippen molar-refractivity contribution in [2.24, 2.45) is 11.3 Å². The summed E-state index contributed by atoms with van der Waals surface area (Å²) >= 11 is 0. The molecule has 0 amide bonds. The van der Waals surface area contributed by atoms with E-state index in [0.29, 0.717) is 19.1 Å². The Balaban J connectivity index is 3.89. The van der Waals surface area contributed by atoms with Gasteiger partial charge in [0.1, 0.15) is 0 Å². The van der Waals surface area contributed by atoms with Crippen molar-refractivity contribution in [2.75, 3.05) is 13.2 Å². The van der Waals surface area contributed by atoms with Crippen LogP contribution in [0.25, 0.3) is 0 Å². The van der Waals surface area contributed by atoms with Crippen LogP contribution in [0, 0.1) is 11.3 Å². The minimum absolute atomic E-state index is 0.186. The van der Waals surface area contributed by atoms with Crippen LogP contribution in [-0.2, 0) is 19.6 Å². The first kappa shape index (κ1) is 20.8. The van der Waals surface area contributed by atoms with Crippen molar-refractivity contribution in [2.45, 2.75) is 86.4 Å². The van der Waals surface area contributed by atoms with Gasteiger partial charge in [-0.1, -0.05) is 20.8 Å². The highest BCUT2D eigenvalue weighted by Gasteiger charge is 2.23. The molecule has 0 radical (unpaired) electrons. The summed E-state index contributed by atoms with van der Waals surface area (Å²) in [5.41, 5.74) is -0.325. The van der Waals surface area contributed by atoms with E-state index in [-0.39, 0.29) is 16.6 Å². The third-order valence-corrected chi connectivity index (χ3v) is 2.73. The van der Waals surface area contributed by atoms with Gasteiger partial charge >= 0.3 is 0 Å². The second-order valence-corrected chi connectivity index (χ2v) is 8.72.